The number of aryl methyl sites for hydroxylation is 2. The van der Waals surface area contributed by atoms with Gasteiger partial charge in [-0.3, -0.25) is 9.69 Å². The van der Waals surface area contributed by atoms with Crippen molar-refractivity contribution < 1.29 is 13.6 Å². The minimum absolute atomic E-state index is 0.156. The molecule has 0 N–H and O–H groups in total. The molecule has 6 heteroatoms. The SMILES string of the molecule is C=CCN(C(=O)c1ccc(-c2ccccc2F)o1)c1nc2c(s1)CCCC2. The van der Waals surface area contributed by atoms with Crippen molar-refractivity contribution in [3.63, 3.8) is 0 Å². The molecule has 2 aromatic heterocycles. The van der Waals surface area contributed by atoms with E-state index in [1.807, 2.05) is 0 Å². The third kappa shape index (κ3) is 3.45. The molecular formula is C21H19FN2O2S. The van der Waals surface area contributed by atoms with E-state index in [0.717, 1.165) is 31.4 Å². The summed E-state index contributed by atoms with van der Waals surface area (Å²) in [5.41, 5.74) is 1.42. The van der Waals surface area contributed by atoms with Crippen molar-refractivity contribution in [2.24, 2.45) is 0 Å². The number of nitrogens with zero attached hydrogens (tertiary/aromatic N) is 2. The largest absolute Gasteiger partial charge is 0.451 e. The molecule has 2 heterocycles. The summed E-state index contributed by atoms with van der Waals surface area (Å²) in [6.45, 7) is 4.09. The predicted molar refractivity (Wildman–Crippen MR) is 105 cm³/mol. The number of hydrogen-bond donors (Lipinski definition) is 0. The Kier molecular flexibility index (Phi) is 4.90. The molecule has 0 saturated carbocycles. The minimum atomic E-state index is -0.388. The summed E-state index contributed by atoms with van der Waals surface area (Å²) in [5, 5.41) is 0.663. The number of fused-ring (bicyclic) bond motifs is 1. The summed E-state index contributed by atoms with van der Waals surface area (Å²) in [6.07, 6.45) is 5.93. The van der Waals surface area contributed by atoms with Crippen LogP contribution in [0.4, 0.5) is 9.52 Å². The average molecular weight is 382 g/mol. The molecule has 0 saturated heterocycles. The van der Waals surface area contributed by atoms with Crippen LogP contribution in [0.1, 0.15) is 34.0 Å². The molecule has 3 aromatic rings. The Morgan fingerprint density at radius 3 is 2.85 bits per heavy atom. The summed E-state index contributed by atoms with van der Waals surface area (Å²) in [4.78, 5) is 20.5. The average Bonchev–Trinajstić information content (AvgIpc) is 3.33. The highest BCUT2D eigenvalue weighted by Crippen LogP contribution is 2.33. The zero-order chi connectivity index (χ0) is 18.8. The van der Waals surface area contributed by atoms with E-state index in [1.54, 1.807) is 52.6 Å². The smallest absolute Gasteiger partial charge is 0.296 e. The highest BCUT2D eigenvalue weighted by Gasteiger charge is 2.25. The zero-order valence-electron chi connectivity index (χ0n) is 14.8. The van der Waals surface area contributed by atoms with Crippen molar-refractivity contribution in [3.05, 3.63) is 71.2 Å². The molecule has 0 aliphatic heterocycles. The van der Waals surface area contributed by atoms with Gasteiger partial charge in [-0.1, -0.05) is 18.2 Å². The van der Waals surface area contributed by atoms with Crippen molar-refractivity contribution in [2.45, 2.75) is 25.7 Å². The number of carbonyl (C=O) groups is 1. The first-order chi connectivity index (χ1) is 13.2. The molecule has 4 nitrogen and oxygen atoms in total. The van der Waals surface area contributed by atoms with Gasteiger partial charge in [-0.25, -0.2) is 9.37 Å². The van der Waals surface area contributed by atoms with Gasteiger partial charge in [0.1, 0.15) is 11.6 Å². The van der Waals surface area contributed by atoms with E-state index in [0.29, 0.717) is 23.0 Å². The lowest BCUT2D eigenvalue weighted by Gasteiger charge is -2.16. The molecule has 1 aliphatic rings. The molecule has 0 fully saturated rings. The zero-order valence-corrected chi connectivity index (χ0v) is 15.6. The van der Waals surface area contributed by atoms with E-state index >= 15 is 0 Å². The molecule has 0 radical (unpaired) electrons. The maximum atomic E-state index is 14.0. The van der Waals surface area contributed by atoms with Gasteiger partial charge in [-0.15, -0.1) is 17.9 Å². The summed E-state index contributed by atoms with van der Waals surface area (Å²) in [6, 6.07) is 9.52. The van der Waals surface area contributed by atoms with Gasteiger partial charge in [0.25, 0.3) is 5.91 Å². The standard InChI is InChI=1S/C21H19FN2O2S/c1-2-13-24(21-23-16-9-5-6-10-19(16)27-21)20(25)18-12-11-17(26-18)14-7-3-4-8-15(14)22/h2-4,7-8,11-12H,1,5-6,9-10,13H2. The van der Waals surface area contributed by atoms with Crippen LogP contribution in [0.3, 0.4) is 0 Å². The Morgan fingerprint density at radius 2 is 2.07 bits per heavy atom. The van der Waals surface area contributed by atoms with Crippen LogP contribution in [0, 0.1) is 5.82 Å². The first kappa shape index (κ1) is 17.7. The maximum Gasteiger partial charge on any atom is 0.296 e. The first-order valence-corrected chi connectivity index (χ1v) is 9.75. The number of carbonyl (C=O) groups excluding carboxylic acids is 1. The fourth-order valence-electron chi connectivity index (χ4n) is 3.22. The number of rotatable bonds is 5. The maximum absolute atomic E-state index is 14.0. The molecule has 4 rings (SSSR count). The van der Waals surface area contributed by atoms with E-state index in [2.05, 4.69) is 11.6 Å². The molecule has 0 spiro atoms. The second-order valence-electron chi connectivity index (χ2n) is 6.42. The topological polar surface area (TPSA) is 46.3 Å². The number of aromatic nitrogens is 1. The summed E-state index contributed by atoms with van der Waals surface area (Å²) >= 11 is 1.56. The van der Waals surface area contributed by atoms with E-state index in [1.165, 1.54) is 10.9 Å². The second-order valence-corrected chi connectivity index (χ2v) is 7.48. The van der Waals surface area contributed by atoms with Crippen LogP contribution in [-0.4, -0.2) is 17.4 Å². The van der Waals surface area contributed by atoms with E-state index < -0.39 is 0 Å². The first-order valence-electron chi connectivity index (χ1n) is 8.93. The van der Waals surface area contributed by atoms with Crippen LogP contribution < -0.4 is 4.90 Å². The van der Waals surface area contributed by atoms with Gasteiger partial charge in [0.05, 0.1) is 11.3 Å². The number of anilines is 1. The summed E-state index contributed by atoms with van der Waals surface area (Å²) < 4.78 is 19.7. The Balaban J connectivity index is 1.64. The van der Waals surface area contributed by atoms with Gasteiger partial charge in [0, 0.05) is 11.4 Å². The van der Waals surface area contributed by atoms with Gasteiger partial charge in [-0.2, -0.15) is 0 Å². The minimum Gasteiger partial charge on any atom is -0.451 e. The van der Waals surface area contributed by atoms with Crippen molar-refractivity contribution in [2.75, 3.05) is 11.4 Å². The Bertz CT molecular complexity index is 968. The molecule has 0 atom stereocenters. The lowest BCUT2D eigenvalue weighted by atomic mass is 10.0. The van der Waals surface area contributed by atoms with Crippen LogP contribution in [0.2, 0.25) is 0 Å². The van der Waals surface area contributed by atoms with Gasteiger partial charge >= 0.3 is 0 Å². The van der Waals surface area contributed by atoms with Crippen LogP contribution in [0.5, 0.6) is 0 Å². The van der Waals surface area contributed by atoms with E-state index in [9.17, 15) is 9.18 Å². The molecular weight excluding hydrogens is 363 g/mol. The van der Waals surface area contributed by atoms with Crippen LogP contribution in [0.25, 0.3) is 11.3 Å². The Morgan fingerprint density at radius 1 is 1.26 bits per heavy atom. The van der Waals surface area contributed by atoms with Crippen LogP contribution in [0.15, 0.2) is 53.5 Å². The normalized spacial score (nSPS) is 13.2. The van der Waals surface area contributed by atoms with Crippen molar-refractivity contribution in [1.82, 2.24) is 4.98 Å². The number of hydrogen-bond acceptors (Lipinski definition) is 4. The second kappa shape index (κ2) is 7.48. The number of amides is 1. The Labute approximate surface area is 161 Å². The van der Waals surface area contributed by atoms with Crippen LogP contribution in [-0.2, 0) is 12.8 Å². The summed E-state index contributed by atoms with van der Waals surface area (Å²) in [7, 11) is 0. The molecule has 0 unspecified atom stereocenters. The highest BCUT2D eigenvalue weighted by molar-refractivity contribution is 7.16. The number of furan rings is 1. The van der Waals surface area contributed by atoms with Gasteiger partial charge in [0.2, 0.25) is 0 Å². The molecule has 138 valence electrons. The lowest BCUT2D eigenvalue weighted by Crippen LogP contribution is -2.30. The molecule has 1 aliphatic carbocycles. The highest BCUT2D eigenvalue weighted by atomic mass is 32.1. The fraction of sp³-hybridized carbons (Fsp3) is 0.238. The number of halogens is 1. The van der Waals surface area contributed by atoms with Gasteiger partial charge < -0.3 is 4.42 Å². The number of thiazole rings is 1. The third-order valence-corrected chi connectivity index (χ3v) is 5.76. The van der Waals surface area contributed by atoms with Crippen molar-refractivity contribution in [1.29, 1.82) is 0 Å². The molecule has 27 heavy (non-hydrogen) atoms. The fourth-order valence-corrected chi connectivity index (χ4v) is 4.38. The van der Waals surface area contributed by atoms with E-state index in [4.69, 9.17) is 4.42 Å². The third-order valence-electron chi connectivity index (χ3n) is 4.58. The quantitative estimate of drug-likeness (QED) is 0.566. The van der Waals surface area contributed by atoms with Gasteiger partial charge in [0.15, 0.2) is 10.9 Å². The number of benzene rings is 1. The molecule has 1 amide bonds. The van der Waals surface area contributed by atoms with E-state index in [-0.39, 0.29) is 17.5 Å². The van der Waals surface area contributed by atoms with Gasteiger partial charge in [-0.05, 0) is 49.9 Å². The lowest BCUT2D eigenvalue weighted by molar-refractivity contribution is 0.0964. The molecule has 1 aromatic carbocycles. The van der Waals surface area contributed by atoms with Crippen LogP contribution >= 0.6 is 11.3 Å². The van der Waals surface area contributed by atoms with Crippen molar-refractivity contribution >= 4 is 22.4 Å². The molecule has 0 bridgehead atoms. The summed E-state index contributed by atoms with van der Waals surface area (Å²) in [5.74, 6) is -0.207. The monoisotopic (exact) mass is 382 g/mol. The van der Waals surface area contributed by atoms with Crippen molar-refractivity contribution in [3.8, 4) is 11.3 Å². The predicted octanol–water partition coefficient (Wildman–Crippen LogP) is 5.25. The Hall–Kier alpha value is -2.73.